The zero-order valence-corrected chi connectivity index (χ0v) is 15.5. The van der Waals surface area contributed by atoms with E-state index in [9.17, 15) is 4.79 Å². The molecule has 0 aliphatic heterocycles. The molecule has 2 aromatic carbocycles. The molecule has 0 saturated heterocycles. The van der Waals surface area contributed by atoms with E-state index in [-0.39, 0.29) is 5.97 Å². The number of hydrogen-bond acceptors (Lipinski definition) is 3. The normalized spacial score (nSPS) is 10.7. The van der Waals surface area contributed by atoms with Crippen molar-refractivity contribution < 1.29 is 9.53 Å². The van der Waals surface area contributed by atoms with Gasteiger partial charge in [-0.25, -0.2) is 0 Å². The van der Waals surface area contributed by atoms with Crippen LogP contribution in [-0.2, 0) is 18.3 Å². The standard InChI is InChI=1S/C22H24N2O2/c1-4-9-20(25)26-18-14-12-16(13-15-18)21-19(5-2)22(24(3)23-21)17-10-7-6-8-11-17/h6-8,10-15H,4-5,9H2,1-3H3. The number of ether oxygens (including phenoxy) is 1. The third-order valence-electron chi connectivity index (χ3n) is 4.36. The summed E-state index contributed by atoms with van der Waals surface area (Å²) in [7, 11) is 1.98. The molecule has 0 aliphatic rings. The number of nitrogens with zero attached hydrogens (tertiary/aromatic N) is 2. The molecule has 134 valence electrons. The molecule has 0 saturated carbocycles. The van der Waals surface area contributed by atoms with E-state index in [4.69, 9.17) is 9.84 Å². The van der Waals surface area contributed by atoms with Gasteiger partial charge >= 0.3 is 5.97 Å². The van der Waals surface area contributed by atoms with Crippen LogP contribution in [0.1, 0.15) is 32.3 Å². The first-order chi connectivity index (χ1) is 12.6. The summed E-state index contributed by atoms with van der Waals surface area (Å²) < 4.78 is 7.28. The van der Waals surface area contributed by atoms with E-state index >= 15 is 0 Å². The zero-order valence-electron chi connectivity index (χ0n) is 15.5. The SMILES string of the molecule is CCCC(=O)Oc1ccc(-c2nn(C)c(-c3ccccc3)c2CC)cc1. The summed E-state index contributed by atoms with van der Waals surface area (Å²) in [5, 5.41) is 4.76. The van der Waals surface area contributed by atoms with E-state index < -0.39 is 0 Å². The van der Waals surface area contributed by atoms with Gasteiger partial charge in [0.05, 0.1) is 11.4 Å². The van der Waals surface area contributed by atoms with Gasteiger partial charge in [-0.3, -0.25) is 9.48 Å². The van der Waals surface area contributed by atoms with Gasteiger partial charge in [0.25, 0.3) is 0 Å². The topological polar surface area (TPSA) is 44.1 Å². The van der Waals surface area contributed by atoms with Crippen LogP contribution in [0.15, 0.2) is 54.6 Å². The van der Waals surface area contributed by atoms with Crippen LogP contribution in [0.4, 0.5) is 0 Å². The van der Waals surface area contributed by atoms with Crippen molar-refractivity contribution in [1.29, 1.82) is 0 Å². The highest BCUT2D eigenvalue weighted by Gasteiger charge is 2.17. The van der Waals surface area contributed by atoms with Crippen molar-refractivity contribution in [2.45, 2.75) is 33.1 Å². The van der Waals surface area contributed by atoms with Crippen LogP contribution < -0.4 is 4.74 Å². The summed E-state index contributed by atoms with van der Waals surface area (Å²) in [6.45, 7) is 4.11. The molecule has 0 radical (unpaired) electrons. The predicted octanol–water partition coefficient (Wildman–Crippen LogP) is 5.02. The van der Waals surface area contributed by atoms with Crippen LogP contribution in [0.2, 0.25) is 0 Å². The Hall–Kier alpha value is -2.88. The first kappa shape index (κ1) is 17.9. The number of aryl methyl sites for hydroxylation is 1. The molecule has 0 fully saturated rings. The van der Waals surface area contributed by atoms with Crippen LogP contribution in [0, 0.1) is 0 Å². The molecular weight excluding hydrogens is 324 g/mol. The van der Waals surface area contributed by atoms with Crippen molar-refractivity contribution in [2.24, 2.45) is 7.05 Å². The van der Waals surface area contributed by atoms with Gasteiger partial charge in [-0.1, -0.05) is 44.2 Å². The fourth-order valence-electron chi connectivity index (χ4n) is 3.16. The molecule has 1 aromatic heterocycles. The number of hydrogen-bond donors (Lipinski definition) is 0. The molecule has 1 heterocycles. The average molecular weight is 348 g/mol. The number of rotatable bonds is 6. The fourth-order valence-corrected chi connectivity index (χ4v) is 3.16. The molecule has 26 heavy (non-hydrogen) atoms. The van der Waals surface area contributed by atoms with Gasteiger partial charge in [0.15, 0.2) is 0 Å². The highest BCUT2D eigenvalue weighted by molar-refractivity contribution is 5.76. The van der Waals surface area contributed by atoms with E-state index in [1.807, 2.05) is 61.1 Å². The van der Waals surface area contributed by atoms with E-state index in [0.29, 0.717) is 12.2 Å². The first-order valence-corrected chi connectivity index (χ1v) is 9.06. The van der Waals surface area contributed by atoms with Crippen molar-refractivity contribution >= 4 is 5.97 Å². The van der Waals surface area contributed by atoms with Crippen molar-refractivity contribution in [3.05, 3.63) is 60.2 Å². The second-order valence-electron chi connectivity index (χ2n) is 6.27. The van der Waals surface area contributed by atoms with E-state index in [1.165, 1.54) is 5.56 Å². The van der Waals surface area contributed by atoms with E-state index in [0.717, 1.165) is 35.4 Å². The average Bonchev–Trinajstić information content (AvgIpc) is 2.99. The summed E-state index contributed by atoms with van der Waals surface area (Å²) in [6, 6.07) is 17.9. The molecule has 0 spiro atoms. The summed E-state index contributed by atoms with van der Waals surface area (Å²) in [4.78, 5) is 11.6. The minimum Gasteiger partial charge on any atom is -0.427 e. The smallest absolute Gasteiger partial charge is 0.311 e. The number of carbonyl (C=O) groups excluding carboxylic acids is 1. The molecule has 0 amide bonds. The van der Waals surface area contributed by atoms with Crippen molar-refractivity contribution in [3.63, 3.8) is 0 Å². The van der Waals surface area contributed by atoms with E-state index in [2.05, 4.69) is 19.1 Å². The molecule has 4 nitrogen and oxygen atoms in total. The highest BCUT2D eigenvalue weighted by atomic mass is 16.5. The number of esters is 1. The summed E-state index contributed by atoms with van der Waals surface area (Å²) >= 11 is 0. The minimum absolute atomic E-state index is 0.196. The quantitative estimate of drug-likeness (QED) is 0.464. The lowest BCUT2D eigenvalue weighted by atomic mass is 10.00. The van der Waals surface area contributed by atoms with E-state index in [1.54, 1.807) is 0 Å². The predicted molar refractivity (Wildman–Crippen MR) is 104 cm³/mol. The number of benzene rings is 2. The number of aromatic nitrogens is 2. The second-order valence-corrected chi connectivity index (χ2v) is 6.27. The molecule has 3 aromatic rings. The first-order valence-electron chi connectivity index (χ1n) is 9.06. The lowest BCUT2D eigenvalue weighted by molar-refractivity contribution is -0.134. The molecular formula is C22H24N2O2. The van der Waals surface area contributed by atoms with Gasteiger partial charge in [-0.05, 0) is 37.1 Å². The van der Waals surface area contributed by atoms with Crippen LogP contribution in [-0.4, -0.2) is 15.7 Å². The molecule has 3 rings (SSSR count). The maximum Gasteiger partial charge on any atom is 0.311 e. The zero-order chi connectivity index (χ0) is 18.5. The van der Waals surface area contributed by atoms with Gasteiger partial charge in [-0.2, -0.15) is 5.10 Å². The lowest BCUT2D eigenvalue weighted by Gasteiger charge is -2.07. The number of carbonyl (C=O) groups is 1. The molecule has 0 bridgehead atoms. The Balaban J connectivity index is 1.94. The Kier molecular flexibility index (Phi) is 5.52. The monoisotopic (exact) mass is 348 g/mol. The molecule has 4 heteroatoms. The Bertz CT molecular complexity index is 881. The Morgan fingerprint density at radius 1 is 1.00 bits per heavy atom. The summed E-state index contributed by atoms with van der Waals surface area (Å²) in [6.07, 6.45) is 2.11. The molecule has 0 unspecified atom stereocenters. The summed E-state index contributed by atoms with van der Waals surface area (Å²) in [5.41, 5.74) is 5.52. The molecule has 0 atom stereocenters. The maximum absolute atomic E-state index is 11.6. The van der Waals surface area contributed by atoms with Gasteiger partial charge in [0, 0.05) is 30.2 Å². The van der Waals surface area contributed by atoms with Gasteiger partial charge in [0.2, 0.25) is 0 Å². The van der Waals surface area contributed by atoms with Crippen LogP contribution in [0.5, 0.6) is 5.75 Å². The van der Waals surface area contributed by atoms with Gasteiger partial charge < -0.3 is 4.74 Å². The Morgan fingerprint density at radius 2 is 1.69 bits per heavy atom. The lowest BCUT2D eigenvalue weighted by Crippen LogP contribution is -2.06. The molecule has 0 aliphatic carbocycles. The third-order valence-corrected chi connectivity index (χ3v) is 4.36. The van der Waals surface area contributed by atoms with Crippen molar-refractivity contribution in [2.75, 3.05) is 0 Å². The van der Waals surface area contributed by atoms with Crippen LogP contribution >= 0.6 is 0 Å². The maximum atomic E-state index is 11.6. The summed E-state index contributed by atoms with van der Waals surface area (Å²) in [5.74, 6) is 0.378. The van der Waals surface area contributed by atoms with Gasteiger partial charge in [0.1, 0.15) is 5.75 Å². The molecule has 0 N–H and O–H groups in total. The Labute approximate surface area is 154 Å². The van der Waals surface area contributed by atoms with Gasteiger partial charge in [-0.15, -0.1) is 0 Å². The van der Waals surface area contributed by atoms with Crippen molar-refractivity contribution in [1.82, 2.24) is 9.78 Å². The highest BCUT2D eigenvalue weighted by Crippen LogP contribution is 2.32. The fraction of sp³-hybridized carbons (Fsp3) is 0.273. The van der Waals surface area contributed by atoms with Crippen LogP contribution in [0.3, 0.4) is 0 Å². The largest absolute Gasteiger partial charge is 0.427 e. The second kappa shape index (κ2) is 8.00. The minimum atomic E-state index is -0.196. The van der Waals surface area contributed by atoms with Crippen LogP contribution in [0.25, 0.3) is 22.5 Å². The van der Waals surface area contributed by atoms with Crippen molar-refractivity contribution in [3.8, 4) is 28.3 Å². The third kappa shape index (κ3) is 3.69. The Morgan fingerprint density at radius 3 is 2.31 bits per heavy atom.